The van der Waals surface area contributed by atoms with Crippen molar-refractivity contribution in [1.29, 1.82) is 0 Å². The molecule has 0 amide bonds. The van der Waals surface area contributed by atoms with Crippen molar-refractivity contribution in [1.82, 2.24) is 0 Å². The van der Waals surface area contributed by atoms with Crippen molar-refractivity contribution in [2.75, 3.05) is 6.67 Å². The normalized spacial score (nSPS) is 27.6. The van der Waals surface area contributed by atoms with Crippen molar-refractivity contribution in [2.24, 2.45) is 17.8 Å². The number of allylic oxidation sites excluding steroid dienone is 2. The Morgan fingerprint density at radius 1 is 0.867 bits per heavy atom. The molecule has 0 spiro atoms. The summed E-state index contributed by atoms with van der Waals surface area (Å²) in [6.07, 6.45) is 17.3. The average molecular weight is 425 g/mol. The van der Waals surface area contributed by atoms with Gasteiger partial charge in [-0.05, 0) is 112 Å². The molecular weight excluding hydrogens is 388 g/mol. The van der Waals surface area contributed by atoms with E-state index in [4.69, 9.17) is 0 Å². The van der Waals surface area contributed by atoms with Gasteiger partial charge >= 0.3 is 0 Å². The highest BCUT2D eigenvalue weighted by Crippen LogP contribution is 2.42. The molecule has 0 aliphatic heterocycles. The second kappa shape index (κ2) is 11.3. The van der Waals surface area contributed by atoms with Gasteiger partial charge in [0, 0.05) is 0 Å². The van der Waals surface area contributed by atoms with Gasteiger partial charge in [-0.1, -0.05) is 25.0 Å². The minimum absolute atomic E-state index is 0.0102. The summed E-state index contributed by atoms with van der Waals surface area (Å²) < 4.78 is 53.6. The maximum Gasteiger partial charge on any atom is 0.194 e. The van der Waals surface area contributed by atoms with Gasteiger partial charge in [0.25, 0.3) is 0 Å². The van der Waals surface area contributed by atoms with Crippen LogP contribution >= 0.6 is 0 Å². The molecule has 0 unspecified atom stereocenters. The second-order valence-corrected chi connectivity index (χ2v) is 9.55. The lowest BCUT2D eigenvalue weighted by Crippen LogP contribution is -2.18. The number of rotatable bonds is 8. The lowest BCUT2D eigenvalue weighted by molar-refractivity contribution is 0.244. The van der Waals surface area contributed by atoms with E-state index in [0.717, 1.165) is 44.1 Å². The predicted molar refractivity (Wildman–Crippen MR) is 115 cm³/mol. The van der Waals surface area contributed by atoms with Gasteiger partial charge in [0.2, 0.25) is 0 Å². The van der Waals surface area contributed by atoms with E-state index in [1.807, 2.05) is 0 Å². The number of hydrogen-bond acceptors (Lipinski definition) is 0. The van der Waals surface area contributed by atoms with Crippen LogP contribution in [0.3, 0.4) is 0 Å². The highest BCUT2D eigenvalue weighted by Gasteiger charge is 2.29. The molecule has 168 valence electrons. The van der Waals surface area contributed by atoms with E-state index in [0.29, 0.717) is 29.4 Å². The van der Waals surface area contributed by atoms with E-state index < -0.39 is 17.5 Å². The molecule has 0 N–H and O–H groups in total. The van der Waals surface area contributed by atoms with Crippen LogP contribution in [0.4, 0.5) is 17.6 Å². The van der Waals surface area contributed by atoms with Crippen molar-refractivity contribution >= 4 is 0 Å². The largest absolute Gasteiger partial charge is 0.251 e. The second-order valence-electron chi connectivity index (χ2n) is 9.55. The average Bonchev–Trinajstić information content (AvgIpc) is 2.75. The molecule has 4 heteroatoms. The molecule has 0 heterocycles. The van der Waals surface area contributed by atoms with E-state index in [9.17, 15) is 17.6 Å². The Hall–Kier alpha value is -1.32. The highest BCUT2D eigenvalue weighted by molar-refractivity contribution is 5.33. The van der Waals surface area contributed by atoms with Gasteiger partial charge < -0.3 is 0 Å². The Morgan fingerprint density at radius 3 is 2.07 bits per heavy atom. The fourth-order valence-corrected chi connectivity index (χ4v) is 5.59. The maximum absolute atomic E-state index is 14.3. The molecule has 30 heavy (non-hydrogen) atoms. The molecule has 1 aromatic carbocycles. The van der Waals surface area contributed by atoms with Crippen LogP contribution in [-0.2, 0) is 0 Å². The number of halogens is 4. The third-order valence-corrected chi connectivity index (χ3v) is 7.45. The highest BCUT2D eigenvalue weighted by atomic mass is 19.2. The minimum Gasteiger partial charge on any atom is -0.251 e. The predicted octanol–water partition coefficient (Wildman–Crippen LogP) is 8.58. The quantitative estimate of drug-likeness (QED) is 0.170. The first-order valence-corrected chi connectivity index (χ1v) is 11.9. The molecule has 2 aliphatic rings. The van der Waals surface area contributed by atoms with Crippen LogP contribution < -0.4 is 0 Å². The number of unbranched alkanes of at least 4 members (excludes halogenated alkanes) is 1. The van der Waals surface area contributed by atoms with Crippen molar-refractivity contribution in [3.05, 3.63) is 46.8 Å². The lowest BCUT2D eigenvalue weighted by Gasteiger charge is -2.32. The Morgan fingerprint density at radius 2 is 1.47 bits per heavy atom. The smallest absolute Gasteiger partial charge is 0.194 e. The van der Waals surface area contributed by atoms with Gasteiger partial charge in [-0.25, -0.2) is 13.2 Å². The van der Waals surface area contributed by atoms with Crippen LogP contribution in [0, 0.1) is 42.1 Å². The van der Waals surface area contributed by atoms with Gasteiger partial charge in [-0.15, -0.1) is 0 Å². The van der Waals surface area contributed by atoms with E-state index in [1.54, 1.807) is 6.92 Å². The molecule has 0 aromatic heterocycles. The van der Waals surface area contributed by atoms with E-state index >= 15 is 0 Å². The Bertz CT molecular complexity index is 695. The SMILES string of the molecule is Cc1cc(F)c(F)c(F)c1C1CCC(CC[C@H]2CC[C@H](/C=C/CCCF)CC2)CC1. The topological polar surface area (TPSA) is 0 Å². The molecule has 1 aromatic rings. The van der Waals surface area contributed by atoms with Crippen molar-refractivity contribution < 1.29 is 17.6 Å². The summed E-state index contributed by atoms with van der Waals surface area (Å²) in [6, 6.07) is 1.13. The summed E-state index contributed by atoms with van der Waals surface area (Å²) in [4.78, 5) is 0. The van der Waals surface area contributed by atoms with Gasteiger partial charge in [-0.3, -0.25) is 4.39 Å². The standard InChI is InChI=1S/C26H36F4/c1-18-17-23(28)25(29)26(30)24(18)22-14-12-21(13-15-22)11-10-20-8-6-19(7-9-20)5-3-2-4-16-27/h3,5,17,19-22H,2,4,6-16H2,1H3/b5-3+/t19-,20-,21?,22?. The maximum atomic E-state index is 14.3. The van der Waals surface area contributed by atoms with E-state index in [2.05, 4.69) is 12.2 Å². The van der Waals surface area contributed by atoms with Crippen LogP contribution in [0.25, 0.3) is 0 Å². The molecule has 0 saturated heterocycles. The molecule has 0 nitrogen and oxygen atoms in total. The third kappa shape index (κ3) is 6.11. The first-order chi connectivity index (χ1) is 14.5. The number of alkyl halides is 1. The monoisotopic (exact) mass is 424 g/mol. The fourth-order valence-electron chi connectivity index (χ4n) is 5.59. The summed E-state index contributed by atoms with van der Waals surface area (Å²) in [5.41, 5.74) is 0.926. The van der Waals surface area contributed by atoms with E-state index in [1.165, 1.54) is 38.5 Å². The Balaban J connectivity index is 1.39. The van der Waals surface area contributed by atoms with Crippen LogP contribution in [0.2, 0.25) is 0 Å². The molecule has 2 saturated carbocycles. The Kier molecular flexibility index (Phi) is 8.83. The zero-order valence-electron chi connectivity index (χ0n) is 18.2. The molecular formula is C26H36F4. The molecule has 0 atom stereocenters. The first kappa shape index (κ1) is 23.3. The zero-order valence-corrected chi connectivity index (χ0v) is 18.2. The molecule has 0 bridgehead atoms. The van der Waals surface area contributed by atoms with Crippen LogP contribution in [0.5, 0.6) is 0 Å². The fraction of sp³-hybridized carbons (Fsp3) is 0.692. The summed E-state index contributed by atoms with van der Waals surface area (Å²) in [7, 11) is 0. The summed E-state index contributed by atoms with van der Waals surface area (Å²) in [5, 5.41) is 0. The van der Waals surface area contributed by atoms with Gasteiger partial charge in [0.15, 0.2) is 17.5 Å². The molecule has 2 fully saturated rings. The first-order valence-electron chi connectivity index (χ1n) is 11.9. The summed E-state index contributed by atoms with van der Waals surface area (Å²) in [5.74, 6) is -1.23. The zero-order chi connectivity index (χ0) is 21.5. The molecule has 2 aliphatic carbocycles. The van der Waals surface area contributed by atoms with Crippen LogP contribution in [0.1, 0.15) is 94.1 Å². The molecule has 0 radical (unpaired) electrons. The van der Waals surface area contributed by atoms with Crippen molar-refractivity contribution in [3.8, 4) is 0 Å². The lowest BCUT2D eigenvalue weighted by atomic mass is 9.73. The van der Waals surface area contributed by atoms with Crippen LogP contribution in [0.15, 0.2) is 18.2 Å². The summed E-state index contributed by atoms with van der Waals surface area (Å²) >= 11 is 0. The third-order valence-electron chi connectivity index (χ3n) is 7.45. The van der Waals surface area contributed by atoms with Gasteiger partial charge in [0.05, 0.1) is 6.67 Å². The van der Waals surface area contributed by atoms with Gasteiger partial charge in [-0.2, -0.15) is 0 Å². The number of hydrogen-bond donors (Lipinski definition) is 0. The Labute approximate surface area is 179 Å². The van der Waals surface area contributed by atoms with Crippen molar-refractivity contribution in [3.63, 3.8) is 0 Å². The number of benzene rings is 1. The van der Waals surface area contributed by atoms with Crippen LogP contribution in [-0.4, -0.2) is 6.67 Å². The van der Waals surface area contributed by atoms with E-state index in [-0.39, 0.29) is 12.6 Å². The number of aryl methyl sites for hydroxylation is 1. The van der Waals surface area contributed by atoms with Crippen molar-refractivity contribution in [2.45, 2.75) is 89.9 Å². The minimum atomic E-state index is -1.33. The van der Waals surface area contributed by atoms with Gasteiger partial charge in [0.1, 0.15) is 0 Å². The molecule has 3 rings (SSSR count). The summed E-state index contributed by atoms with van der Waals surface area (Å²) in [6.45, 7) is 1.45.